The third-order valence-corrected chi connectivity index (χ3v) is 3.02. The molecule has 88 valence electrons. The molecule has 0 spiro atoms. The van der Waals surface area contributed by atoms with Crippen LogP contribution in [0.25, 0.3) is 0 Å². The summed E-state index contributed by atoms with van der Waals surface area (Å²) in [6, 6.07) is 0. The Kier molecular flexibility index (Phi) is 4.11. The van der Waals surface area contributed by atoms with E-state index in [0.29, 0.717) is 5.92 Å². The first-order chi connectivity index (χ1) is 6.95. The highest BCUT2D eigenvalue weighted by atomic mass is 16.5. The van der Waals surface area contributed by atoms with Crippen LogP contribution < -0.4 is 5.32 Å². The summed E-state index contributed by atoms with van der Waals surface area (Å²) < 4.78 is 4.74. The molecule has 0 aromatic rings. The summed E-state index contributed by atoms with van der Waals surface area (Å²) in [5, 5.41) is 3.27. The Morgan fingerprint density at radius 2 is 2.27 bits per heavy atom. The van der Waals surface area contributed by atoms with Crippen LogP contribution in [0.4, 0.5) is 0 Å². The maximum atomic E-state index is 11.4. The van der Waals surface area contributed by atoms with Crippen LogP contribution in [0.5, 0.6) is 0 Å². The Morgan fingerprint density at radius 3 is 2.73 bits per heavy atom. The number of ether oxygens (including phenoxy) is 1. The van der Waals surface area contributed by atoms with E-state index in [1.165, 1.54) is 13.5 Å². The van der Waals surface area contributed by atoms with Crippen LogP contribution in [0.3, 0.4) is 0 Å². The zero-order chi connectivity index (χ0) is 11.5. The molecule has 0 aromatic heterocycles. The van der Waals surface area contributed by atoms with Gasteiger partial charge in [-0.3, -0.25) is 4.79 Å². The molecule has 0 aliphatic carbocycles. The van der Waals surface area contributed by atoms with Gasteiger partial charge in [0, 0.05) is 13.1 Å². The second-order valence-corrected chi connectivity index (χ2v) is 4.91. The SMILES string of the molecule is COC(=O)C(C)(C)NCC1CCN(C)C1. The monoisotopic (exact) mass is 214 g/mol. The average Bonchev–Trinajstić information content (AvgIpc) is 2.60. The molecule has 1 fully saturated rings. The van der Waals surface area contributed by atoms with E-state index >= 15 is 0 Å². The van der Waals surface area contributed by atoms with Crippen molar-refractivity contribution < 1.29 is 9.53 Å². The quantitative estimate of drug-likeness (QED) is 0.691. The van der Waals surface area contributed by atoms with Gasteiger partial charge < -0.3 is 15.0 Å². The first kappa shape index (κ1) is 12.5. The van der Waals surface area contributed by atoms with E-state index in [-0.39, 0.29) is 5.97 Å². The summed E-state index contributed by atoms with van der Waals surface area (Å²) in [6.07, 6.45) is 1.21. The van der Waals surface area contributed by atoms with E-state index in [0.717, 1.165) is 19.6 Å². The Labute approximate surface area is 92.0 Å². The lowest BCUT2D eigenvalue weighted by atomic mass is 10.0. The van der Waals surface area contributed by atoms with Crippen molar-refractivity contribution in [1.82, 2.24) is 10.2 Å². The van der Waals surface area contributed by atoms with Crippen molar-refractivity contribution in [2.24, 2.45) is 5.92 Å². The standard InChI is InChI=1S/C11H22N2O2/c1-11(2,10(14)15-4)12-7-9-5-6-13(3)8-9/h9,12H,5-8H2,1-4H3. The van der Waals surface area contributed by atoms with E-state index < -0.39 is 5.54 Å². The summed E-state index contributed by atoms with van der Waals surface area (Å²) in [4.78, 5) is 13.7. The predicted octanol–water partition coefficient (Wildman–Crippen LogP) is 0.479. The first-order valence-electron chi connectivity index (χ1n) is 5.47. The van der Waals surface area contributed by atoms with Gasteiger partial charge in [0.05, 0.1) is 7.11 Å². The van der Waals surface area contributed by atoms with Gasteiger partial charge in [-0.2, -0.15) is 0 Å². The van der Waals surface area contributed by atoms with Crippen molar-refractivity contribution in [2.75, 3.05) is 33.8 Å². The molecule has 1 N–H and O–H groups in total. The normalized spacial score (nSPS) is 23.1. The largest absolute Gasteiger partial charge is 0.468 e. The number of likely N-dealkylation sites (tertiary alicyclic amines) is 1. The number of methoxy groups -OCH3 is 1. The van der Waals surface area contributed by atoms with Crippen LogP contribution in [0, 0.1) is 5.92 Å². The number of esters is 1. The second-order valence-electron chi connectivity index (χ2n) is 4.91. The molecule has 4 heteroatoms. The number of hydrogen-bond donors (Lipinski definition) is 1. The Bertz CT molecular complexity index is 229. The second kappa shape index (κ2) is 4.94. The number of nitrogens with zero attached hydrogens (tertiary/aromatic N) is 1. The zero-order valence-corrected chi connectivity index (χ0v) is 10.2. The first-order valence-corrected chi connectivity index (χ1v) is 5.47. The number of carbonyl (C=O) groups is 1. The summed E-state index contributed by atoms with van der Waals surface area (Å²) in [5.74, 6) is 0.452. The maximum absolute atomic E-state index is 11.4. The minimum atomic E-state index is -0.574. The summed E-state index contributed by atoms with van der Waals surface area (Å²) in [7, 11) is 3.56. The van der Waals surface area contributed by atoms with Crippen LogP contribution >= 0.6 is 0 Å². The molecule has 1 aliphatic rings. The van der Waals surface area contributed by atoms with Gasteiger partial charge in [-0.05, 0) is 39.8 Å². The summed E-state index contributed by atoms with van der Waals surface area (Å²) in [5.41, 5.74) is -0.574. The van der Waals surface area contributed by atoms with Crippen LogP contribution in [-0.2, 0) is 9.53 Å². The zero-order valence-electron chi connectivity index (χ0n) is 10.2. The molecule has 1 saturated heterocycles. The Hall–Kier alpha value is -0.610. The number of rotatable bonds is 4. The smallest absolute Gasteiger partial charge is 0.325 e. The van der Waals surface area contributed by atoms with Crippen LogP contribution in [0.2, 0.25) is 0 Å². The molecule has 0 bridgehead atoms. The van der Waals surface area contributed by atoms with Crippen molar-refractivity contribution >= 4 is 5.97 Å². The highest BCUT2D eigenvalue weighted by Gasteiger charge is 2.29. The number of carbonyl (C=O) groups excluding carboxylic acids is 1. The maximum Gasteiger partial charge on any atom is 0.325 e. The molecule has 0 amide bonds. The minimum absolute atomic E-state index is 0.200. The molecule has 1 atom stereocenters. The molecule has 0 aromatic carbocycles. The van der Waals surface area contributed by atoms with Crippen molar-refractivity contribution in [3.8, 4) is 0 Å². The molecular weight excluding hydrogens is 192 g/mol. The van der Waals surface area contributed by atoms with Gasteiger partial charge in [0.15, 0.2) is 0 Å². The van der Waals surface area contributed by atoms with Gasteiger partial charge in [0.25, 0.3) is 0 Å². The fraction of sp³-hybridized carbons (Fsp3) is 0.909. The molecule has 1 heterocycles. The van der Waals surface area contributed by atoms with Crippen molar-refractivity contribution in [3.05, 3.63) is 0 Å². The molecular formula is C11H22N2O2. The number of hydrogen-bond acceptors (Lipinski definition) is 4. The van der Waals surface area contributed by atoms with E-state index in [9.17, 15) is 4.79 Å². The van der Waals surface area contributed by atoms with Crippen LogP contribution in [0.15, 0.2) is 0 Å². The van der Waals surface area contributed by atoms with E-state index in [1.807, 2.05) is 13.8 Å². The highest BCUT2D eigenvalue weighted by molar-refractivity contribution is 5.79. The van der Waals surface area contributed by atoms with Gasteiger partial charge in [0.1, 0.15) is 5.54 Å². The van der Waals surface area contributed by atoms with E-state index in [1.54, 1.807) is 0 Å². The number of nitrogens with one attached hydrogen (secondary N) is 1. The Morgan fingerprint density at radius 1 is 1.60 bits per heavy atom. The molecule has 0 saturated carbocycles. The van der Waals surface area contributed by atoms with E-state index in [2.05, 4.69) is 17.3 Å². The third kappa shape index (κ3) is 3.47. The van der Waals surface area contributed by atoms with Crippen molar-refractivity contribution in [2.45, 2.75) is 25.8 Å². The molecule has 1 unspecified atom stereocenters. The van der Waals surface area contributed by atoms with Gasteiger partial charge in [-0.1, -0.05) is 0 Å². The third-order valence-electron chi connectivity index (χ3n) is 3.02. The topological polar surface area (TPSA) is 41.6 Å². The molecule has 15 heavy (non-hydrogen) atoms. The molecule has 0 radical (unpaired) electrons. The highest BCUT2D eigenvalue weighted by Crippen LogP contribution is 2.14. The lowest BCUT2D eigenvalue weighted by molar-refractivity contribution is -0.147. The lowest BCUT2D eigenvalue weighted by Crippen LogP contribution is -2.49. The molecule has 1 aliphatic heterocycles. The summed E-state index contributed by atoms with van der Waals surface area (Å²) in [6.45, 7) is 6.87. The van der Waals surface area contributed by atoms with Crippen LogP contribution in [-0.4, -0.2) is 50.2 Å². The van der Waals surface area contributed by atoms with Gasteiger partial charge in [0.2, 0.25) is 0 Å². The van der Waals surface area contributed by atoms with Crippen molar-refractivity contribution in [1.29, 1.82) is 0 Å². The lowest BCUT2D eigenvalue weighted by Gasteiger charge is -2.25. The predicted molar refractivity (Wildman–Crippen MR) is 59.7 cm³/mol. The minimum Gasteiger partial charge on any atom is -0.468 e. The molecule has 1 rings (SSSR count). The van der Waals surface area contributed by atoms with Gasteiger partial charge >= 0.3 is 5.97 Å². The fourth-order valence-electron chi connectivity index (χ4n) is 1.92. The average molecular weight is 214 g/mol. The van der Waals surface area contributed by atoms with Gasteiger partial charge in [-0.15, -0.1) is 0 Å². The molecule has 4 nitrogen and oxygen atoms in total. The summed E-state index contributed by atoms with van der Waals surface area (Å²) >= 11 is 0. The van der Waals surface area contributed by atoms with Crippen molar-refractivity contribution in [3.63, 3.8) is 0 Å². The van der Waals surface area contributed by atoms with Crippen LogP contribution in [0.1, 0.15) is 20.3 Å². The van der Waals surface area contributed by atoms with Gasteiger partial charge in [-0.25, -0.2) is 0 Å². The fourth-order valence-corrected chi connectivity index (χ4v) is 1.92. The Balaban J connectivity index is 2.32. The van der Waals surface area contributed by atoms with E-state index in [4.69, 9.17) is 4.74 Å².